The van der Waals surface area contributed by atoms with Gasteiger partial charge in [-0.1, -0.05) is 127 Å². The molecule has 51 heavy (non-hydrogen) atoms. The second-order valence-electron chi connectivity index (χ2n) is 12.8. The Morgan fingerprint density at radius 1 is 0.529 bits per heavy atom. The van der Waals surface area contributed by atoms with E-state index in [0.717, 1.165) is 66.4 Å². The summed E-state index contributed by atoms with van der Waals surface area (Å²) in [4.78, 5) is 9.01. The van der Waals surface area contributed by atoms with Crippen LogP contribution in [0.15, 0.2) is 185 Å². The Bertz CT molecular complexity index is 2710. The van der Waals surface area contributed by atoms with E-state index in [1.165, 1.54) is 21.2 Å². The molecule has 0 spiro atoms. The summed E-state index contributed by atoms with van der Waals surface area (Å²) in [6, 6.07) is 61.8. The highest BCUT2D eigenvalue weighted by Crippen LogP contribution is 2.47. The summed E-state index contributed by atoms with van der Waals surface area (Å²) in [6.45, 7) is 0. The zero-order valence-corrected chi connectivity index (χ0v) is 28.3. The highest BCUT2D eigenvalue weighted by atomic mass is 32.1. The average Bonchev–Trinajstić information content (AvgIpc) is 3.77. The fraction of sp³-hybridized carbons (Fsp3) is 0.0217. The average molecular weight is 674 g/mol. The molecule has 0 radical (unpaired) electrons. The van der Waals surface area contributed by atoms with Crippen LogP contribution < -0.4 is 10.2 Å². The first-order valence-electron chi connectivity index (χ1n) is 17.2. The van der Waals surface area contributed by atoms with E-state index in [4.69, 9.17) is 9.41 Å². The highest BCUT2D eigenvalue weighted by Gasteiger charge is 2.30. The smallest absolute Gasteiger partial charge is 0.146 e. The molecule has 0 saturated heterocycles. The van der Waals surface area contributed by atoms with Gasteiger partial charge in [0.2, 0.25) is 0 Å². The third-order valence-corrected chi connectivity index (χ3v) is 10.9. The van der Waals surface area contributed by atoms with Crippen LogP contribution in [-0.2, 0) is 0 Å². The van der Waals surface area contributed by atoms with E-state index < -0.39 is 0 Å². The van der Waals surface area contributed by atoms with Crippen LogP contribution >= 0.6 is 11.3 Å². The summed E-state index contributed by atoms with van der Waals surface area (Å²) in [6.07, 6.45) is -0.368. The zero-order valence-electron chi connectivity index (χ0n) is 27.5. The van der Waals surface area contributed by atoms with Gasteiger partial charge in [0.05, 0.1) is 22.0 Å². The molecule has 242 valence electrons. The predicted octanol–water partition coefficient (Wildman–Crippen LogP) is 12.9. The number of nitrogens with one attached hydrogen (secondary N) is 1. The van der Waals surface area contributed by atoms with Gasteiger partial charge >= 0.3 is 0 Å². The first-order valence-corrected chi connectivity index (χ1v) is 18.0. The number of benzene rings is 7. The molecule has 1 atom stereocenters. The molecule has 5 heteroatoms. The molecule has 0 bridgehead atoms. The molecule has 1 aliphatic rings. The van der Waals surface area contributed by atoms with Crippen LogP contribution in [-0.4, -0.2) is 5.71 Å². The monoisotopic (exact) mass is 673 g/mol. The minimum absolute atomic E-state index is 0.368. The Morgan fingerprint density at radius 3 is 1.90 bits per heavy atom. The van der Waals surface area contributed by atoms with Crippen molar-refractivity contribution in [1.29, 1.82) is 0 Å². The number of hydrogen-bond acceptors (Lipinski definition) is 5. The SMILES string of the molecule is c1ccc(C2=NC(c3cc(N(c4ccccc4)c4ccc(-c5ccccc5)cc4)cc4oc5ccccc5c34)Nc3c2sc2ccccc32)cc1. The third-order valence-electron chi connectivity index (χ3n) is 9.69. The van der Waals surface area contributed by atoms with E-state index in [0.29, 0.717) is 0 Å². The van der Waals surface area contributed by atoms with Gasteiger partial charge in [-0.05, 0) is 53.6 Å². The van der Waals surface area contributed by atoms with Crippen LogP contribution in [0.1, 0.15) is 22.2 Å². The normalized spacial score (nSPS) is 14.0. The minimum Gasteiger partial charge on any atom is -0.456 e. The van der Waals surface area contributed by atoms with Crippen molar-refractivity contribution in [3.8, 4) is 11.1 Å². The summed E-state index contributed by atoms with van der Waals surface area (Å²) >= 11 is 1.79. The van der Waals surface area contributed by atoms with E-state index in [2.05, 4.69) is 174 Å². The van der Waals surface area contributed by atoms with Gasteiger partial charge in [0.25, 0.3) is 0 Å². The van der Waals surface area contributed by atoms with Gasteiger partial charge in [0, 0.05) is 49.4 Å². The molecule has 2 aromatic heterocycles. The van der Waals surface area contributed by atoms with Crippen LogP contribution in [0.5, 0.6) is 0 Å². The van der Waals surface area contributed by atoms with E-state index >= 15 is 0 Å². The lowest BCUT2D eigenvalue weighted by molar-refractivity contribution is 0.668. The van der Waals surface area contributed by atoms with Crippen LogP contribution in [0.25, 0.3) is 43.2 Å². The van der Waals surface area contributed by atoms with Gasteiger partial charge < -0.3 is 14.6 Å². The minimum atomic E-state index is -0.368. The maximum Gasteiger partial charge on any atom is 0.146 e. The number of para-hydroxylation sites is 2. The van der Waals surface area contributed by atoms with Crippen molar-refractivity contribution in [2.75, 3.05) is 10.2 Å². The van der Waals surface area contributed by atoms with Gasteiger partial charge in [-0.2, -0.15) is 0 Å². The zero-order chi connectivity index (χ0) is 33.7. The number of fused-ring (bicyclic) bond motifs is 6. The molecule has 10 rings (SSSR count). The second-order valence-corrected chi connectivity index (χ2v) is 13.8. The van der Waals surface area contributed by atoms with Crippen molar-refractivity contribution in [1.82, 2.24) is 0 Å². The Balaban J connectivity index is 1.20. The lowest BCUT2D eigenvalue weighted by Gasteiger charge is -2.28. The first kappa shape index (κ1) is 29.5. The molecular formula is C46H31N3OS. The fourth-order valence-electron chi connectivity index (χ4n) is 7.34. The first-order chi connectivity index (χ1) is 25.3. The van der Waals surface area contributed by atoms with Gasteiger partial charge in [-0.15, -0.1) is 11.3 Å². The van der Waals surface area contributed by atoms with Crippen LogP contribution in [0.2, 0.25) is 0 Å². The number of thiophene rings is 1. The fourth-order valence-corrected chi connectivity index (χ4v) is 8.52. The Labute approximate surface area is 299 Å². The molecule has 1 unspecified atom stereocenters. The second kappa shape index (κ2) is 12.2. The van der Waals surface area contributed by atoms with Crippen LogP contribution in [0.4, 0.5) is 22.7 Å². The summed E-state index contributed by atoms with van der Waals surface area (Å²) < 4.78 is 7.90. The Hall–Kier alpha value is -6.43. The topological polar surface area (TPSA) is 40.8 Å². The molecule has 0 fully saturated rings. The number of anilines is 4. The van der Waals surface area contributed by atoms with Gasteiger partial charge in [-0.3, -0.25) is 4.99 Å². The molecule has 0 aliphatic carbocycles. The van der Waals surface area contributed by atoms with E-state index in [1.807, 2.05) is 12.1 Å². The number of hydrogen-bond donors (Lipinski definition) is 1. The molecule has 1 aliphatic heterocycles. The number of rotatable bonds is 6. The van der Waals surface area contributed by atoms with Crippen LogP contribution in [0.3, 0.4) is 0 Å². The molecule has 9 aromatic rings. The lowest BCUT2D eigenvalue weighted by Crippen LogP contribution is -2.20. The number of nitrogens with zero attached hydrogens (tertiary/aromatic N) is 2. The lowest BCUT2D eigenvalue weighted by atomic mass is 9.98. The molecule has 3 heterocycles. The Morgan fingerprint density at radius 2 is 1.14 bits per heavy atom. The molecule has 0 amide bonds. The van der Waals surface area contributed by atoms with Crippen LogP contribution in [0, 0.1) is 0 Å². The van der Waals surface area contributed by atoms with E-state index in [9.17, 15) is 0 Å². The molecule has 0 saturated carbocycles. The molecular weight excluding hydrogens is 643 g/mol. The van der Waals surface area contributed by atoms with E-state index in [1.54, 1.807) is 11.3 Å². The summed E-state index contributed by atoms with van der Waals surface area (Å²) in [7, 11) is 0. The summed E-state index contributed by atoms with van der Waals surface area (Å²) in [5, 5.41) is 7.27. The van der Waals surface area contributed by atoms with Crippen molar-refractivity contribution >= 4 is 71.8 Å². The van der Waals surface area contributed by atoms with Gasteiger partial charge in [0.1, 0.15) is 17.3 Å². The van der Waals surface area contributed by atoms with Crippen molar-refractivity contribution < 1.29 is 4.42 Å². The van der Waals surface area contributed by atoms with Crippen molar-refractivity contribution in [3.05, 3.63) is 192 Å². The molecule has 7 aromatic carbocycles. The third kappa shape index (κ3) is 5.09. The summed E-state index contributed by atoms with van der Waals surface area (Å²) in [5.41, 5.74) is 11.4. The van der Waals surface area contributed by atoms with Gasteiger partial charge in [0.15, 0.2) is 0 Å². The van der Waals surface area contributed by atoms with E-state index in [-0.39, 0.29) is 6.17 Å². The van der Waals surface area contributed by atoms with Crippen molar-refractivity contribution in [3.63, 3.8) is 0 Å². The van der Waals surface area contributed by atoms with Crippen molar-refractivity contribution in [2.24, 2.45) is 4.99 Å². The standard InChI is InChI=1S/C46H31N3OS/c1-4-14-30(15-5-1)31-24-26-34(27-25-31)49(33-18-8-3-9-19-33)35-28-38(42-36-20-10-12-22-39(36)50-40(42)29-35)46-47-43(32-16-6-2-7-17-32)45-44(48-46)37-21-11-13-23-41(37)51-45/h1-29,46,48H. The maximum atomic E-state index is 6.66. The highest BCUT2D eigenvalue weighted by molar-refractivity contribution is 7.22. The summed E-state index contributed by atoms with van der Waals surface area (Å²) in [5.74, 6) is 0. The number of furan rings is 1. The predicted molar refractivity (Wildman–Crippen MR) is 214 cm³/mol. The quantitative estimate of drug-likeness (QED) is 0.191. The number of aliphatic imine (C=N–C) groups is 1. The molecule has 4 nitrogen and oxygen atoms in total. The molecule has 1 N–H and O–H groups in total. The Kier molecular flexibility index (Phi) is 7.03. The maximum absolute atomic E-state index is 6.66. The van der Waals surface area contributed by atoms with Gasteiger partial charge in [-0.25, -0.2) is 0 Å². The van der Waals surface area contributed by atoms with Crippen molar-refractivity contribution in [2.45, 2.75) is 6.17 Å². The largest absolute Gasteiger partial charge is 0.456 e.